The molecule has 0 aliphatic heterocycles. The Bertz CT molecular complexity index is 674. The summed E-state index contributed by atoms with van der Waals surface area (Å²) in [6, 6.07) is 0. The van der Waals surface area contributed by atoms with Crippen LogP contribution in [0.5, 0.6) is 0 Å². The Morgan fingerprint density at radius 3 is 2.73 bits per heavy atom. The molecule has 0 bridgehead atoms. The van der Waals surface area contributed by atoms with Crippen molar-refractivity contribution in [2.24, 2.45) is 23.2 Å². The first-order chi connectivity index (χ1) is 14.2. The summed E-state index contributed by atoms with van der Waals surface area (Å²) in [7, 11) is 0. The van der Waals surface area contributed by atoms with Gasteiger partial charge in [0.05, 0.1) is 18.3 Å². The van der Waals surface area contributed by atoms with Crippen molar-refractivity contribution in [2.75, 3.05) is 6.61 Å². The van der Waals surface area contributed by atoms with Crippen molar-refractivity contribution in [1.29, 1.82) is 0 Å². The molecular formula is C27H44O3. The van der Waals surface area contributed by atoms with Crippen molar-refractivity contribution in [2.45, 2.75) is 103 Å². The van der Waals surface area contributed by atoms with Crippen LogP contribution in [0.2, 0.25) is 0 Å². The van der Waals surface area contributed by atoms with E-state index in [0.29, 0.717) is 23.7 Å². The molecule has 30 heavy (non-hydrogen) atoms. The second-order valence-electron chi connectivity index (χ2n) is 11.1. The Balaban J connectivity index is 1.66. The zero-order valence-corrected chi connectivity index (χ0v) is 19.5. The maximum atomic E-state index is 10.1. The number of allylic oxidation sites excluding steroid dienone is 4. The predicted molar refractivity (Wildman–Crippen MR) is 124 cm³/mol. The molecule has 6 atom stereocenters. The topological polar surface area (TPSA) is 60.7 Å². The van der Waals surface area contributed by atoms with Gasteiger partial charge < -0.3 is 15.3 Å². The molecule has 0 aromatic carbocycles. The molecule has 3 N–H and O–H groups in total. The summed E-state index contributed by atoms with van der Waals surface area (Å²) >= 11 is 0. The molecule has 3 rings (SSSR count). The molecule has 0 radical (unpaired) electrons. The highest BCUT2D eigenvalue weighted by molar-refractivity contribution is 5.36. The standard InChI is InChI=1S/C27H44O3/c1-19-9-12-23(29)17-22(19)11-10-21-8-6-16-27(4)24(13-14-25(21)27)20(2)7-5-15-26(3,30)18-28/h10-11,20,23-25,28-30H,1,5-9,12-18H2,2-4H3/t20-,23+,24-,25+,26?,27-/m1/s1. The Hall–Kier alpha value is -0.900. The SMILES string of the molecule is C=C1CC[C@H](O)CC1=CC=C1CCC[C@]2(C)[C@@H]([C@H](C)CCCC(C)(O)CO)CC[C@@H]12. The molecular weight excluding hydrogens is 372 g/mol. The van der Waals surface area contributed by atoms with Crippen molar-refractivity contribution in [1.82, 2.24) is 0 Å². The first kappa shape index (κ1) is 23.8. The van der Waals surface area contributed by atoms with Crippen molar-refractivity contribution in [3.8, 4) is 0 Å². The molecule has 0 amide bonds. The van der Waals surface area contributed by atoms with Gasteiger partial charge in [0.15, 0.2) is 0 Å². The van der Waals surface area contributed by atoms with E-state index >= 15 is 0 Å². The smallest absolute Gasteiger partial charge is 0.0849 e. The number of fused-ring (bicyclic) bond motifs is 1. The lowest BCUT2D eigenvalue weighted by Gasteiger charge is -2.44. The van der Waals surface area contributed by atoms with Crippen LogP contribution in [-0.4, -0.2) is 33.6 Å². The van der Waals surface area contributed by atoms with Gasteiger partial charge in [-0.3, -0.25) is 0 Å². The van der Waals surface area contributed by atoms with Crippen LogP contribution in [0.25, 0.3) is 0 Å². The molecule has 0 aromatic rings. The van der Waals surface area contributed by atoms with Crippen LogP contribution in [0, 0.1) is 23.2 Å². The second-order valence-corrected chi connectivity index (χ2v) is 11.1. The van der Waals surface area contributed by atoms with Crippen LogP contribution in [-0.2, 0) is 0 Å². The summed E-state index contributed by atoms with van der Waals surface area (Å²) in [5.74, 6) is 2.07. The largest absolute Gasteiger partial charge is 0.393 e. The summed E-state index contributed by atoms with van der Waals surface area (Å²) in [5.41, 5.74) is 3.50. The molecule has 0 heterocycles. The maximum absolute atomic E-state index is 10.1. The van der Waals surface area contributed by atoms with Crippen molar-refractivity contribution in [3.05, 3.63) is 35.5 Å². The Morgan fingerprint density at radius 2 is 2.00 bits per heavy atom. The molecule has 1 unspecified atom stereocenters. The van der Waals surface area contributed by atoms with E-state index in [4.69, 9.17) is 0 Å². The minimum absolute atomic E-state index is 0.155. The average molecular weight is 417 g/mol. The molecule has 3 heteroatoms. The van der Waals surface area contributed by atoms with Gasteiger partial charge in [0, 0.05) is 0 Å². The second kappa shape index (κ2) is 9.71. The minimum atomic E-state index is -0.938. The molecule has 3 saturated carbocycles. The zero-order chi connectivity index (χ0) is 21.9. The molecule has 0 spiro atoms. The lowest BCUT2D eigenvalue weighted by molar-refractivity contribution is -0.00891. The fraction of sp³-hybridized carbons (Fsp3) is 0.778. The number of hydrogen-bond acceptors (Lipinski definition) is 3. The van der Waals surface area contributed by atoms with Crippen LogP contribution in [0.15, 0.2) is 35.5 Å². The Morgan fingerprint density at radius 1 is 1.23 bits per heavy atom. The van der Waals surface area contributed by atoms with Crippen molar-refractivity contribution >= 4 is 0 Å². The lowest BCUT2D eigenvalue weighted by Crippen LogP contribution is -2.36. The highest BCUT2D eigenvalue weighted by Gasteiger charge is 2.50. The van der Waals surface area contributed by atoms with Gasteiger partial charge in [-0.1, -0.05) is 56.6 Å². The van der Waals surface area contributed by atoms with Gasteiger partial charge >= 0.3 is 0 Å². The third kappa shape index (κ3) is 5.29. The molecule has 0 saturated heterocycles. The van der Waals surface area contributed by atoms with E-state index in [9.17, 15) is 15.3 Å². The molecule has 3 fully saturated rings. The van der Waals surface area contributed by atoms with E-state index in [1.807, 2.05) is 0 Å². The van der Waals surface area contributed by atoms with Crippen molar-refractivity contribution in [3.63, 3.8) is 0 Å². The average Bonchev–Trinajstić information content (AvgIpc) is 3.06. The van der Waals surface area contributed by atoms with Gasteiger partial charge in [-0.15, -0.1) is 0 Å². The van der Waals surface area contributed by atoms with Gasteiger partial charge in [0.25, 0.3) is 0 Å². The van der Waals surface area contributed by atoms with E-state index in [-0.39, 0.29) is 12.7 Å². The number of hydrogen-bond donors (Lipinski definition) is 3. The van der Waals surface area contributed by atoms with E-state index in [0.717, 1.165) is 38.0 Å². The predicted octanol–water partition coefficient (Wildman–Crippen LogP) is 5.71. The van der Waals surface area contributed by atoms with Gasteiger partial charge in [-0.25, -0.2) is 0 Å². The molecule has 3 nitrogen and oxygen atoms in total. The minimum Gasteiger partial charge on any atom is -0.393 e. The quantitative estimate of drug-likeness (QED) is 0.498. The monoisotopic (exact) mass is 416 g/mol. The zero-order valence-electron chi connectivity index (χ0n) is 19.5. The summed E-state index contributed by atoms with van der Waals surface area (Å²) < 4.78 is 0. The fourth-order valence-corrected chi connectivity index (χ4v) is 6.69. The third-order valence-corrected chi connectivity index (χ3v) is 8.63. The first-order valence-corrected chi connectivity index (χ1v) is 12.3. The summed E-state index contributed by atoms with van der Waals surface area (Å²) in [4.78, 5) is 0. The normalized spacial score (nSPS) is 37.9. The Labute approximate surface area is 184 Å². The maximum Gasteiger partial charge on any atom is 0.0849 e. The van der Waals surface area contributed by atoms with Gasteiger partial charge in [0.1, 0.15) is 0 Å². The van der Waals surface area contributed by atoms with Gasteiger partial charge in [0.2, 0.25) is 0 Å². The first-order valence-electron chi connectivity index (χ1n) is 12.3. The number of rotatable bonds is 7. The van der Waals surface area contributed by atoms with E-state index in [2.05, 4.69) is 32.6 Å². The summed E-state index contributed by atoms with van der Waals surface area (Å²) in [6.07, 6.45) is 16.1. The third-order valence-electron chi connectivity index (χ3n) is 8.63. The number of aliphatic hydroxyl groups is 3. The van der Waals surface area contributed by atoms with E-state index < -0.39 is 5.60 Å². The molecule has 0 aromatic heterocycles. The summed E-state index contributed by atoms with van der Waals surface area (Å²) in [6.45, 7) is 10.7. The van der Waals surface area contributed by atoms with Gasteiger partial charge in [-0.2, -0.15) is 0 Å². The van der Waals surface area contributed by atoms with Crippen molar-refractivity contribution < 1.29 is 15.3 Å². The van der Waals surface area contributed by atoms with Crippen LogP contribution < -0.4 is 0 Å². The van der Waals surface area contributed by atoms with Gasteiger partial charge in [-0.05, 0) is 93.5 Å². The Kier molecular flexibility index (Phi) is 7.69. The lowest BCUT2D eigenvalue weighted by atomic mass is 9.60. The highest BCUT2D eigenvalue weighted by Crippen LogP contribution is 2.60. The highest BCUT2D eigenvalue weighted by atomic mass is 16.3. The van der Waals surface area contributed by atoms with Crippen LogP contribution in [0.3, 0.4) is 0 Å². The summed E-state index contributed by atoms with van der Waals surface area (Å²) in [5, 5.41) is 29.4. The fourth-order valence-electron chi connectivity index (χ4n) is 6.69. The molecule has 170 valence electrons. The van der Waals surface area contributed by atoms with Crippen LogP contribution in [0.1, 0.15) is 91.4 Å². The van der Waals surface area contributed by atoms with Crippen LogP contribution >= 0.6 is 0 Å². The molecule has 3 aliphatic carbocycles. The van der Waals surface area contributed by atoms with E-state index in [1.54, 1.807) is 12.5 Å². The molecule has 3 aliphatic rings. The van der Waals surface area contributed by atoms with Crippen LogP contribution in [0.4, 0.5) is 0 Å². The number of aliphatic hydroxyl groups excluding tert-OH is 2. The van der Waals surface area contributed by atoms with E-state index in [1.165, 1.54) is 43.3 Å².